The minimum absolute atomic E-state index is 0.0370. The van der Waals surface area contributed by atoms with Crippen LogP contribution >= 0.6 is 0 Å². The van der Waals surface area contributed by atoms with Crippen molar-refractivity contribution >= 4 is 23.2 Å². The molecule has 0 radical (unpaired) electrons. The third kappa shape index (κ3) is 3.26. The highest BCUT2D eigenvalue weighted by Gasteiger charge is 2.35. The lowest BCUT2D eigenvalue weighted by Crippen LogP contribution is -2.27. The van der Waals surface area contributed by atoms with Crippen LogP contribution < -0.4 is 10.2 Å². The summed E-state index contributed by atoms with van der Waals surface area (Å²) in [5.74, 6) is -0.493. The summed E-state index contributed by atoms with van der Waals surface area (Å²) in [4.78, 5) is 26.2. The maximum absolute atomic E-state index is 12.4. The molecule has 1 aliphatic heterocycles. The maximum atomic E-state index is 12.4. The van der Waals surface area contributed by atoms with Crippen molar-refractivity contribution in [3.63, 3.8) is 0 Å². The van der Waals surface area contributed by atoms with Crippen LogP contribution in [0.5, 0.6) is 0 Å². The number of nitrogens with zero attached hydrogens (tertiary/aromatic N) is 3. The summed E-state index contributed by atoms with van der Waals surface area (Å²) in [7, 11) is 0. The molecule has 0 unspecified atom stereocenters. The molecule has 2 heterocycles. The Morgan fingerprint density at radius 2 is 2.26 bits per heavy atom. The van der Waals surface area contributed by atoms with Gasteiger partial charge in [0.15, 0.2) is 0 Å². The molecule has 2 amide bonds. The van der Waals surface area contributed by atoms with Crippen LogP contribution in [0.25, 0.3) is 0 Å². The Labute approximate surface area is 135 Å². The van der Waals surface area contributed by atoms with Gasteiger partial charge in [-0.25, -0.2) is 0 Å². The minimum atomic E-state index is -0.340. The van der Waals surface area contributed by atoms with Crippen molar-refractivity contribution in [1.82, 2.24) is 9.78 Å². The van der Waals surface area contributed by atoms with E-state index < -0.39 is 0 Å². The van der Waals surface area contributed by atoms with Gasteiger partial charge in [0, 0.05) is 31.4 Å². The molecular weight excluding hydrogens is 292 g/mol. The SMILES string of the molecule is CCn1cc(N2C[C@H](C(=O)Nc3cccc(C)c3)CC2=O)cn1. The van der Waals surface area contributed by atoms with Crippen LogP contribution in [0.1, 0.15) is 18.9 Å². The molecule has 1 atom stereocenters. The summed E-state index contributed by atoms with van der Waals surface area (Å²) < 4.78 is 1.77. The second-order valence-corrected chi connectivity index (χ2v) is 5.82. The third-order valence-corrected chi connectivity index (χ3v) is 4.04. The van der Waals surface area contributed by atoms with Crippen molar-refractivity contribution in [2.75, 3.05) is 16.8 Å². The molecule has 0 bridgehead atoms. The summed E-state index contributed by atoms with van der Waals surface area (Å²) in [5, 5.41) is 7.08. The average Bonchev–Trinajstić information content (AvgIpc) is 3.13. The normalized spacial score (nSPS) is 17.6. The van der Waals surface area contributed by atoms with E-state index in [0.717, 1.165) is 23.5 Å². The van der Waals surface area contributed by atoms with Crippen LogP contribution in [0, 0.1) is 12.8 Å². The lowest BCUT2D eigenvalue weighted by Gasteiger charge is -2.14. The van der Waals surface area contributed by atoms with Crippen molar-refractivity contribution in [3.8, 4) is 0 Å². The molecule has 0 saturated carbocycles. The Hall–Kier alpha value is -2.63. The first kappa shape index (κ1) is 15.3. The van der Waals surface area contributed by atoms with Gasteiger partial charge in [0.2, 0.25) is 11.8 Å². The maximum Gasteiger partial charge on any atom is 0.229 e. The van der Waals surface area contributed by atoms with E-state index in [9.17, 15) is 9.59 Å². The highest BCUT2D eigenvalue weighted by Crippen LogP contribution is 2.25. The molecule has 6 heteroatoms. The van der Waals surface area contributed by atoms with Gasteiger partial charge in [0.1, 0.15) is 0 Å². The van der Waals surface area contributed by atoms with Crippen molar-refractivity contribution < 1.29 is 9.59 Å². The number of nitrogens with one attached hydrogen (secondary N) is 1. The zero-order valence-corrected chi connectivity index (χ0v) is 13.3. The van der Waals surface area contributed by atoms with E-state index in [-0.39, 0.29) is 24.2 Å². The number of anilines is 2. The van der Waals surface area contributed by atoms with Gasteiger partial charge in [-0.1, -0.05) is 12.1 Å². The topological polar surface area (TPSA) is 67.2 Å². The van der Waals surface area contributed by atoms with E-state index in [1.54, 1.807) is 15.8 Å². The average molecular weight is 312 g/mol. The van der Waals surface area contributed by atoms with Crippen LogP contribution in [-0.2, 0) is 16.1 Å². The van der Waals surface area contributed by atoms with Gasteiger partial charge in [-0.2, -0.15) is 5.10 Å². The number of hydrogen-bond acceptors (Lipinski definition) is 3. The molecule has 120 valence electrons. The first-order chi connectivity index (χ1) is 11.1. The summed E-state index contributed by atoms with van der Waals surface area (Å²) in [6.07, 6.45) is 3.73. The second kappa shape index (κ2) is 6.24. The van der Waals surface area contributed by atoms with Crippen LogP contribution in [0.2, 0.25) is 0 Å². The smallest absolute Gasteiger partial charge is 0.229 e. The highest BCUT2D eigenvalue weighted by atomic mass is 16.2. The van der Waals surface area contributed by atoms with Gasteiger partial charge in [0.25, 0.3) is 0 Å². The molecule has 1 aromatic carbocycles. The third-order valence-electron chi connectivity index (χ3n) is 4.04. The summed E-state index contributed by atoms with van der Waals surface area (Å²) in [5.41, 5.74) is 2.60. The van der Waals surface area contributed by atoms with Crippen molar-refractivity contribution in [2.45, 2.75) is 26.8 Å². The highest BCUT2D eigenvalue weighted by molar-refractivity contribution is 6.03. The van der Waals surface area contributed by atoms with Crippen LogP contribution in [0.3, 0.4) is 0 Å². The summed E-state index contributed by atoms with van der Waals surface area (Å²) in [6, 6.07) is 7.64. The molecular formula is C17H20N4O2. The molecule has 1 fully saturated rings. The predicted octanol–water partition coefficient (Wildman–Crippen LogP) is 2.20. The van der Waals surface area contributed by atoms with Gasteiger partial charge < -0.3 is 10.2 Å². The Kier molecular flexibility index (Phi) is 4.14. The summed E-state index contributed by atoms with van der Waals surface area (Å²) >= 11 is 0. The van der Waals surface area contributed by atoms with Crippen LogP contribution in [0.4, 0.5) is 11.4 Å². The van der Waals surface area contributed by atoms with E-state index in [4.69, 9.17) is 0 Å². The van der Waals surface area contributed by atoms with Crippen molar-refractivity contribution in [1.29, 1.82) is 0 Å². The number of aryl methyl sites for hydroxylation is 2. The Balaban J connectivity index is 1.68. The fourth-order valence-electron chi connectivity index (χ4n) is 2.76. The van der Waals surface area contributed by atoms with Crippen LogP contribution in [0.15, 0.2) is 36.7 Å². The zero-order valence-electron chi connectivity index (χ0n) is 13.3. The van der Waals surface area contributed by atoms with Crippen molar-refractivity contribution in [2.24, 2.45) is 5.92 Å². The van der Waals surface area contributed by atoms with Gasteiger partial charge in [-0.15, -0.1) is 0 Å². The number of carbonyl (C=O) groups is 2. The number of rotatable bonds is 4. The van der Waals surface area contributed by atoms with E-state index in [2.05, 4.69) is 10.4 Å². The van der Waals surface area contributed by atoms with E-state index in [1.807, 2.05) is 44.3 Å². The first-order valence-electron chi connectivity index (χ1n) is 7.77. The number of carbonyl (C=O) groups excluding carboxylic acids is 2. The lowest BCUT2D eigenvalue weighted by molar-refractivity contribution is -0.122. The molecule has 0 aliphatic carbocycles. The molecule has 1 saturated heterocycles. The van der Waals surface area contributed by atoms with Gasteiger partial charge in [-0.3, -0.25) is 14.3 Å². The fraction of sp³-hybridized carbons (Fsp3) is 0.353. The number of hydrogen-bond donors (Lipinski definition) is 1. The van der Waals surface area contributed by atoms with E-state index in [1.165, 1.54) is 0 Å². The molecule has 0 spiro atoms. The molecule has 1 aliphatic rings. The number of benzene rings is 1. The summed E-state index contributed by atoms with van der Waals surface area (Å²) in [6.45, 7) is 5.10. The largest absolute Gasteiger partial charge is 0.326 e. The van der Waals surface area contributed by atoms with E-state index in [0.29, 0.717) is 6.54 Å². The fourth-order valence-corrected chi connectivity index (χ4v) is 2.76. The molecule has 1 aromatic heterocycles. The first-order valence-corrected chi connectivity index (χ1v) is 7.77. The van der Waals surface area contributed by atoms with Gasteiger partial charge >= 0.3 is 0 Å². The molecule has 3 rings (SSSR count). The minimum Gasteiger partial charge on any atom is -0.326 e. The number of aromatic nitrogens is 2. The van der Waals surface area contributed by atoms with E-state index >= 15 is 0 Å². The Morgan fingerprint density at radius 3 is 2.96 bits per heavy atom. The lowest BCUT2D eigenvalue weighted by atomic mass is 10.1. The van der Waals surface area contributed by atoms with Gasteiger partial charge in [0.05, 0.1) is 17.8 Å². The monoisotopic (exact) mass is 312 g/mol. The van der Waals surface area contributed by atoms with Gasteiger partial charge in [-0.05, 0) is 31.5 Å². The quantitative estimate of drug-likeness (QED) is 0.941. The standard InChI is InChI=1S/C17H20N4O2/c1-3-20-11-15(9-18-20)21-10-13(8-16(21)22)17(23)19-14-6-4-5-12(2)7-14/h4-7,9,11,13H,3,8,10H2,1-2H3,(H,19,23)/t13-/m1/s1. The predicted molar refractivity (Wildman–Crippen MR) is 88.2 cm³/mol. The Bertz CT molecular complexity index is 738. The zero-order chi connectivity index (χ0) is 16.4. The molecule has 23 heavy (non-hydrogen) atoms. The Morgan fingerprint density at radius 1 is 1.43 bits per heavy atom. The number of amides is 2. The molecule has 2 aromatic rings. The molecule has 1 N–H and O–H groups in total. The van der Waals surface area contributed by atoms with Crippen LogP contribution in [-0.4, -0.2) is 28.1 Å². The van der Waals surface area contributed by atoms with Crippen molar-refractivity contribution in [3.05, 3.63) is 42.2 Å². The second-order valence-electron chi connectivity index (χ2n) is 5.82. The molecule has 6 nitrogen and oxygen atoms in total.